The Morgan fingerprint density at radius 2 is 2.36 bits per heavy atom. The lowest BCUT2D eigenvalue weighted by Gasteiger charge is -2.31. The van der Waals surface area contributed by atoms with Crippen molar-refractivity contribution < 1.29 is 9.00 Å². The second-order valence-electron chi connectivity index (χ2n) is 3.84. The summed E-state index contributed by atoms with van der Waals surface area (Å²) in [5, 5.41) is 0.0317. The molecule has 0 aromatic carbocycles. The number of nitrogens with two attached hydrogens (primary N) is 1. The summed E-state index contributed by atoms with van der Waals surface area (Å²) in [4.78, 5) is 13.3. The first-order chi connectivity index (χ1) is 6.52. The standard InChI is InChI=1S/C9H18N2O2S/c1-7(14(2)13)6-11-5-3-4-8(10)9(11)12/h7-8H,3-6,10H2,1-2H3. The molecule has 0 spiro atoms. The maximum absolute atomic E-state index is 11.6. The van der Waals surface area contributed by atoms with Crippen molar-refractivity contribution in [2.45, 2.75) is 31.1 Å². The van der Waals surface area contributed by atoms with E-state index in [1.54, 1.807) is 11.2 Å². The monoisotopic (exact) mass is 218 g/mol. The lowest BCUT2D eigenvalue weighted by atomic mass is 10.1. The van der Waals surface area contributed by atoms with Gasteiger partial charge in [0.1, 0.15) is 0 Å². The molecule has 1 amide bonds. The fourth-order valence-corrected chi connectivity index (χ4v) is 1.96. The van der Waals surface area contributed by atoms with E-state index in [-0.39, 0.29) is 17.2 Å². The van der Waals surface area contributed by atoms with Crippen LogP contribution in [0.4, 0.5) is 0 Å². The molecule has 3 atom stereocenters. The van der Waals surface area contributed by atoms with Gasteiger partial charge in [-0.15, -0.1) is 0 Å². The highest BCUT2D eigenvalue weighted by Gasteiger charge is 2.26. The Morgan fingerprint density at radius 3 is 2.93 bits per heavy atom. The Labute approximate surface area is 87.3 Å². The fraction of sp³-hybridized carbons (Fsp3) is 0.889. The summed E-state index contributed by atoms with van der Waals surface area (Å²) in [5.74, 6) is 0.00792. The van der Waals surface area contributed by atoms with E-state index in [9.17, 15) is 9.00 Å². The molecule has 1 fully saturated rings. The molecule has 1 heterocycles. The van der Waals surface area contributed by atoms with Gasteiger partial charge in [-0.05, 0) is 19.8 Å². The van der Waals surface area contributed by atoms with Crippen LogP contribution in [-0.2, 0) is 15.6 Å². The average Bonchev–Trinajstić information content (AvgIpc) is 2.12. The summed E-state index contributed by atoms with van der Waals surface area (Å²) >= 11 is 0. The molecule has 0 aromatic rings. The highest BCUT2D eigenvalue weighted by atomic mass is 32.2. The van der Waals surface area contributed by atoms with Crippen molar-refractivity contribution >= 4 is 16.7 Å². The zero-order chi connectivity index (χ0) is 10.7. The molecule has 1 aliphatic heterocycles. The predicted molar refractivity (Wildman–Crippen MR) is 57.3 cm³/mol. The van der Waals surface area contributed by atoms with Crippen LogP contribution < -0.4 is 5.73 Å². The molecule has 0 saturated carbocycles. The Balaban J connectivity index is 2.51. The third kappa shape index (κ3) is 2.78. The second-order valence-corrected chi connectivity index (χ2v) is 5.64. The summed E-state index contributed by atoms with van der Waals surface area (Å²) in [6.45, 7) is 3.22. The van der Waals surface area contributed by atoms with E-state index in [2.05, 4.69) is 0 Å². The van der Waals surface area contributed by atoms with E-state index in [1.807, 2.05) is 6.92 Å². The van der Waals surface area contributed by atoms with Crippen LogP contribution in [0.3, 0.4) is 0 Å². The molecule has 0 aliphatic carbocycles. The number of hydrogen-bond acceptors (Lipinski definition) is 3. The Kier molecular flexibility index (Phi) is 4.07. The number of piperidine rings is 1. The zero-order valence-electron chi connectivity index (χ0n) is 8.73. The maximum Gasteiger partial charge on any atom is 0.239 e. The Morgan fingerprint density at radius 1 is 1.71 bits per heavy atom. The molecule has 82 valence electrons. The van der Waals surface area contributed by atoms with Crippen molar-refractivity contribution in [3.05, 3.63) is 0 Å². The van der Waals surface area contributed by atoms with E-state index >= 15 is 0 Å². The van der Waals surface area contributed by atoms with Crippen LogP contribution in [0, 0.1) is 0 Å². The van der Waals surface area contributed by atoms with Crippen molar-refractivity contribution in [3.8, 4) is 0 Å². The fourth-order valence-electron chi connectivity index (χ4n) is 1.57. The third-order valence-corrected chi connectivity index (χ3v) is 3.90. The zero-order valence-corrected chi connectivity index (χ0v) is 9.55. The largest absolute Gasteiger partial charge is 0.340 e. The molecule has 1 aliphatic rings. The highest BCUT2D eigenvalue weighted by molar-refractivity contribution is 7.84. The summed E-state index contributed by atoms with van der Waals surface area (Å²) in [6, 6.07) is -0.346. The number of carbonyl (C=O) groups is 1. The molecule has 5 heteroatoms. The van der Waals surface area contributed by atoms with Crippen molar-refractivity contribution in [2.24, 2.45) is 5.73 Å². The Bertz CT molecular complexity index is 245. The summed E-state index contributed by atoms with van der Waals surface area (Å²) < 4.78 is 11.1. The summed E-state index contributed by atoms with van der Waals surface area (Å²) in [5.41, 5.74) is 5.65. The van der Waals surface area contributed by atoms with Crippen molar-refractivity contribution in [3.63, 3.8) is 0 Å². The van der Waals surface area contributed by atoms with Gasteiger partial charge >= 0.3 is 0 Å². The molecular formula is C9H18N2O2S. The van der Waals surface area contributed by atoms with E-state index in [0.717, 1.165) is 19.4 Å². The SMILES string of the molecule is CC(CN1CCCC(N)C1=O)S(C)=O. The highest BCUT2D eigenvalue weighted by Crippen LogP contribution is 2.11. The molecule has 2 N–H and O–H groups in total. The number of likely N-dealkylation sites (tertiary alicyclic amines) is 1. The van der Waals surface area contributed by atoms with E-state index in [4.69, 9.17) is 5.73 Å². The number of hydrogen-bond donors (Lipinski definition) is 1. The van der Waals surface area contributed by atoms with Crippen LogP contribution in [0.25, 0.3) is 0 Å². The molecule has 1 rings (SSSR count). The molecule has 4 nitrogen and oxygen atoms in total. The Hall–Kier alpha value is -0.420. The van der Waals surface area contributed by atoms with Crippen molar-refractivity contribution in [2.75, 3.05) is 19.3 Å². The topological polar surface area (TPSA) is 63.4 Å². The molecular weight excluding hydrogens is 200 g/mol. The number of nitrogens with zero attached hydrogens (tertiary/aromatic N) is 1. The minimum absolute atomic E-state index is 0.00792. The molecule has 14 heavy (non-hydrogen) atoms. The lowest BCUT2D eigenvalue weighted by Crippen LogP contribution is -2.50. The van der Waals surface area contributed by atoms with Gasteiger partial charge in [-0.25, -0.2) is 0 Å². The molecule has 1 saturated heterocycles. The predicted octanol–water partition coefficient (Wildman–Crippen LogP) is -0.297. The minimum atomic E-state index is -0.873. The van der Waals surface area contributed by atoms with Crippen molar-refractivity contribution in [1.29, 1.82) is 0 Å². The number of rotatable bonds is 3. The van der Waals surface area contributed by atoms with Crippen LogP contribution in [-0.4, -0.2) is 45.7 Å². The van der Waals surface area contributed by atoms with Gasteiger partial charge < -0.3 is 10.6 Å². The normalized spacial score (nSPS) is 27.5. The van der Waals surface area contributed by atoms with Gasteiger partial charge in [0, 0.05) is 35.4 Å². The van der Waals surface area contributed by atoms with Crippen molar-refractivity contribution in [1.82, 2.24) is 4.90 Å². The molecule has 0 aromatic heterocycles. The molecule has 0 radical (unpaired) electrons. The second kappa shape index (κ2) is 4.89. The summed E-state index contributed by atoms with van der Waals surface area (Å²) in [6.07, 6.45) is 3.40. The van der Waals surface area contributed by atoms with Gasteiger partial charge in [0.05, 0.1) is 6.04 Å². The first-order valence-corrected chi connectivity index (χ1v) is 6.51. The number of carbonyl (C=O) groups excluding carboxylic acids is 1. The van der Waals surface area contributed by atoms with Crippen LogP contribution in [0.1, 0.15) is 19.8 Å². The van der Waals surface area contributed by atoms with Crippen LogP contribution in [0.2, 0.25) is 0 Å². The van der Waals surface area contributed by atoms with E-state index < -0.39 is 10.8 Å². The maximum atomic E-state index is 11.6. The number of amides is 1. The van der Waals surface area contributed by atoms with Crippen LogP contribution in [0.15, 0.2) is 0 Å². The van der Waals surface area contributed by atoms with Gasteiger partial charge in [0.15, 0.2) is 0 Å². The van der Waals surface area contributed by atoms with Gasteiger partial charge in [-0.2, -0.15) is 0 Å². The van der Waals surface area contributed by atoms with Gasteiger partial charge in [0.2, 0.25) is 5.91 Å². The quantitative estimate of drug-likeness (QED) is 0.707. The van der Waals surface area contributed by atoms with Gasteiger partial charge in [-0.1, -0.05) is 0 Å². The minimum Gasteiger partial charge on any atom is -0.340 e. The third-order valence-electron chi connectivity index (χ3n) is 2.62. The van der Waals surface area contributed by atoms with Gasteiger partial charge in [0.25, 0.3) is 0 Å². The summed E-state index contributed by atoms with van der Waals surface area (Å²) in [7, 11) is -0.873. The van der Waals surface area contributed by atoms with E-state index in [0.29, 0.717) is 6.54 Å². The molecule has 0 bridgehead atoms. The first kappa shape index (κ1) is 11.7. The van der Waals surface area contributed by atoms with Crippen LogP contribution in [0.5, 0.6) is 0 Å². The van der Waals surface area contributed by atoms with Gasteiger partial charge in [-0.3, -0.25) is 9.00 Å². The average molecular weight is 218 g/mol. The first-order valence-electron chi connectivity index (χ1n) is 4.89. The van der Waals surface area contributed by atoms with Crippen LogP contribution >= 0.6 is 0 Å². The smallest absolute Gasteiger partial charge is 0.239 e. The molecule has 3 unspecified atom stereocenters. The lowest BCUT2D eigenvalue weighted by molar-refractivity contribution is -0.134. The van der Waals surface area contributed by atoms with E-state index in [1.165, 1.54) is 0 Å².